The number of fused-ring (bicyclic) bond motifs is 1. The molecule has 0 saturated heterocycles. The number of carbonyl (C=O) groups excluding carboxylic acids is 1. The number of amides is 1. The van der Waals surface area contributed by atoms with E-state index in [1.165, 1.54) is 0 Å². The fourth-order valence-corrected chi connectivity index (χ4v) is 4.70. The molecule has 0 radical (unpaired) electrons. The molecular weight excluding hydrogens is 480 g/mol. The highest BCUT2D eigenvalue weighted by Gasteiger charge is 2.17. The van der Waals surface area contributed by atoms with Crippen molar-refractivity contribution in [2.75, 3.05) is 0 Å². The molecule has 0 atom stereocenters. The van der Waals surface area contributed by atoms with Crippen molar-refractivity contribution in [3.05, 3.63) is 144 Å². The maximum absolute atomic E-state index is 13.1. The minimum absolute atomic E-state index is 0.286. The number of benzene rings is 5. The molecule has 1 heterocycles. The number of carbonyl (C=O) groups is 1. The molecule has 0 aliphatic carbocycles. The van der Waals surface area contributed by atoms with Gasteiger partial charge in [-0.15, -0.1) is 0 Å². The molecule has 39 heavy (non-hydrogen) atoms. The van der Waals surface area contributed by atoms with E-state index in [4.69, 9.17) is 0 Å². The lowest BCUT2D eigenvalue weighted by Crippen LogP contribution is -2.18. The van der Waals surface area contributed by atoms with Crippen LogP contribution >= 0.6 is 0 Å². The van der Waals surface area contributed by atoms with Crippen LogP contribution in [0.2, 0.25) is 0 Å². The Morgan fingerprint density at radius 2 is 1.44 bits per heavy atom. The monoisotopic (exact) mass is 506 g/mol. The Morgan fingerprint density at radius 3 is 2.26 bits per heavy atom. The molecule has 5 heteroatoms. The maximum Gasteiger partial charge on any atom is 0.291 e. The average molecular weight is 507 g/mol. The Labute approximate surface area is 227 Å². The third-order valence-corrected chi connectivity index (χ3v) is 6.67. The summed E-state index contributed by atoms with van der Waals surface area (Å²) in [5, 5.41) is 11.1. The van der Waals surface area contributed by atoms with E-state index in [2.05, 4.69) is 70.2 Å². The van der Waals surface area contributed by atoms with Crippen LogP contribution in [0.3, 0.4) is 0 Å². The van der Waals surface area contributed by atoms with Gasteiger partial charge in [0.15, 0.2) is 5.69 Å². The van der Waals surface area contributed by atoms with Crippen molar-refractivity contribution < 1.29 is 4.79 Å². The molecule has 5 nitrogen and oxygen atoms in total. The third kappa shape index (κ3) is 5.11. The van der Waals surface area contributed by atoms with Crippen LogP contribution in [0.4, 0.5) is 0 Å². The molecule has 0 bridgehead atoms. The normalized spacial score (nSPS) is 11.2. The zero-order valence-corrected chi connectivity index (χ0v) is 21.5. The molecule has 1 amide bonds. The van der Waals surface area contributed by atoms with E-state index in [0.717, 1.165) is 50.0 Å². The Morgan fingerprint density at radius 1 is 0.744 bits per heavy atom. The van der Waals surface area contributed by atoms with Gasteiger partial charge in [-0.1, -0.05) is 109 Å². The lowest BCUT2D eigenvalue weighted by atomic mass is 10.0. The number of hydrogen-bond acceptors (Lipinski definition) is 3. The summed E-state index contributed by atoms with van der Waals surface area (Å²) in [5.41, 5.74) is 9.92. The quantitative estimate of drug-likeness (QED) is 0.189. The van der Waals surface area contributed by atoms with Crippen LogP contribution in [0.5, 0.6) is 0 Å². The van der Waals surface area contributed by atoms with Crippen LogP contribution in [0.1, 0.15) is 21.6 Å². The first-order valence-corrected chi connectivity index (χ1v) is 12.8. The summed E-state index contributed by atoms with van der Waals surface area (Å²) in [5.74, 6) is -0.375. The molecule has 1 N–H and O–H groups in total. The molecule has 6 aromatic rings. The summed E-state index contributed by atoms with van der Waals surface area (Å²) < 4.78 is 1.81. The topological polar surface area (TPSA) is 59.3 Å². The van der Waals surface area contributed by atoms with Crippen molar-refractivity contribution in [1.82, 2.24) is 15.2 Å². The van der Waals surface area contributed by atoms with E-state index in [9.17, 15) is 4.79 Å². The third-order valence-electron chi connectivity index (χ3n) is 6.67. The zero-order valence-electron chi connectivity index (χ0n) is 21.5. The van der Waals surface area contributed by atoms with Crippen LogP contribution in [0, 0.1) is 6.92 Å². The first-order valence-electron chi connectivity index (χ1n) is 12.8. The van der Waals surface area contributed by atoms with Crippen molar-refractivity contribution >= 4 is 22.9 Å². The van der Waals surface area contributed by atoms with Gasteiger partial charge in [-0.2, -0.15) is 10.2 Å². The van der Waals surface area contributed by atoms with Gasteiger partial charge in [0.1, 0.15) is 0 Å². The van der Waals surface area contributed by atoms with Crippen molar-refractivity contribution in [1.29, 1.82) is 0 Å². The van der Waals surface area contributed by atoms with Crippen LogP contribution < -0.4 is 5.43 Å². The summed E-state index contributed by atoms with van der Waals surface area (Å²) >= 11 is 0. The highest BCUT2D eigenvalue weighted by atomic mass is 16.2. The first-order chi connectivity index (χ1) is 19.2. The van der Waals surface area contributed by atoms with Gasteiger partial charge in [-0.05, 0) is 52.6 Å². The largest absolute Gasteiger partial charge is 0.291 e. The summed E-state index contributed by atoms with van der Waals surface area (Å²) in [6.07, 6.45) is 1.67. The van der Waals surface area contributed by atoms with Gasteiger partial charge in [-0.25, -0.2) is 10.1 Å². The smallest absolute Gasteiger partial charge is 0.265 e. The molecule has 0 aliphatic heterocycles. The molecule has 1 aromatic heterocycles. The number of aromatic nitrogens is 2. The molecule has 0 spiro atoms. The number of hydrazone groups is 1. The highest BCUT2D eigenvalue weighted by Crippen LogP contribution is 2.28. The van der Waals surface area contributed by atoms with Crippen molar-refractivity contribution in [3.8, 4) is 28.1 Å². The zero-order chi connectivity index (χ0) is 26.6. The van der Waals surface area contributed by atoms with Gasteiger partial charge in [0, 0.05) is 11.1 Å². The van der Waals surface area contributed by atoms with Crippen molar-refractivity contribution in [3.63, 3.8) is 0 Å². The second-order valence-electron chi connectivity index (χ2n) is 9.38. The predicted octanol–water partition coefficient (Wildman–Crippen LogP) is 7.43. The minimum atomic E-state index is -0.375. The van der Waals surface area contributed by atoms with Gasteiger partial charge in [-0.3, -0.25) is 4.79 Å². The van der Waals surface area contributed by atoms with E-state index in [1.807, 2.05) is 84.4 Å². The van der Waals surface area contributed by atoms with E-state index in [-0.39, 0.29) is 11.6 Å². The standard InChI is InChI=1S/C34H26N4O/c1-24-9-7-15-30(21-24)38-33(28-19-17-26(18-20-28)25-10-3-2-4-11-25)22-32(37-38)34(39)36-35-23-29-14-8-13-27-12-5-6-16-31(27)29/h2-23H,1H3,(H,36,39)/b35-23-. The van der Waals surface area contributed by atoms with Gasteiger partial charge in [0.2, 0.25) is 0 Å². The molecule has 0 unspecified atom stereocenters. The first kappa shape index (κ1) is 24.1. The average Bonchev–Trinajstić information content (AvgIpc) is 3.44. The second kappa shape index (κ2) is 10.6. The summed E-state index contributed by atoms with van der Waals surface area (Å²) in [7, 11) is 0. The van der Waals surface area contributed by atoms with Crippen LogP contribution in [-0.4, -0.2) is 21.9 Å². The SMILES string of the molecule is Cc1cccc(-n2nc(C(=O)N/N=C\c3cccc4ccccc34)cc2-c2ccc(-c3ccccc3)cc2)c1. The molecular formula is C34H26N4O. The summed E-state index contributed by atoms with van der Waals surface area (Å²) in [6, 6.07) is 42.5. The van der Waals surface area contributed by atoms with Gasteiger partial charge >= 0.3 is 0 Å². The number of aryl methyl sites for hydroxylation is 1. The Balaban J connectivity index is 1.31. The molecule has 6 rings (SSSR count). The Bertz CT molecular complexity index is 1800. The Hall–Kier alpha value is -5.29. The van der Waals surface area contributed by atoms with E-state index >= 15 is 0 Å². The second-order valence-corrected chi connectivity index (χ2v) is 9.38. The fourth-order valence-electron chi connectivity index (χ4n) is 4.70. The van der Waals surface area contributed by atoms with Crippen LogP contribution in [-0.2, 0) is 0 Å². The minimum Gasteiger partial charge on any atom is -0.265 e. The predicted molar refractivity (Wildman–Crippen MR) is 158 cm³/mol. The van der Waals surface area contributed by atoms with Gasteiger partial charge in [0.25, 0.3) is 5.91 Å². The fraction of sp³-hybridized carbons (Fsp3) is 0.0294. The summed E-state index contributed by atoms with van der Waals surface area (Å²) in [6.45, 7) is 2.04. The molecule has 0 fully saturated rings. The van der Waals surface area contributed by atoms with Crippen LogP contribution in [0.15, 0.2) is 132 Å². The highest BCUT2D eigenvalue weighted by molar-refractivity contribution is 6.00. The number of hydrogen-bond donors (Lipinski definition) is 1. The van der Waals surface area contributed by atoms with E-state index in [1.54, 1.807) is 6.21 Å². The lowest BCUT2D eigenvalue weighted by Gasteiger charge is -2.09. The van der Waals surface area contributed by atoms with E-state index < -0.39 is 0 Å². The molecule has 5 aromatic carbocycles. The van der Waals surface area contributed by atoms with Crippen LogP contribution in [0.25, 0.3) is 38.8 Å². The van der Waals surface area contributed by atoms with Crippen molar-refractivity contribution in [2.24, 2.45) is 5.10 Å². The number of rotatable bonds is 6. The summed E-state index contributed by atoms with van der Waals surface area (Å²) in [4.78, 5) is 13.1. The van der Waals surface area contributed by atoms with Gasteiger partial charge in [0.05, 0.1) is 17.6 Å². The molecule has 0 saturated carbocycles. The molecule has 188 valence electrons. The van der Waals surface area contributed by atoms with Gasteiger partial charge < -0.3 is 0 Å². The number of nitrogens with zero attached hydrogens (tertiary/aromatic N) is 3. The maximum atomic E-state index is 13.1. The Kier molecular flexibility index (Phi) is 6.54. The van der Waals surface area contributed by atoms with Crippen molar-refractivity contribution in [2.45, 2.75) is 6.92 Å². The number of nitrogens with one attached hydrogen (secondary N) is 1. The molecule has 0 aliphatic rings. The lowest BCUT2D eigenvalue weighted by molar-refractivity contribution is 0.0949. The van der Waals surface area contributed by atoms with E-state index in [0.29, 0.717) is 0 Å².